The van der Waals surface area contributed by atoms with Crippen molar-refractivity contribution >= 4 is 21.8 Å². The molecule has 0 spiro atoms. The van der Waals surface area contributed by atoms with Crippen LogP contribution in [0.2, 0.25) is 0 Å². The smallest absolute Gasteiger partial charge is 0.104 e. The Morgan fingerprint density at radius 2 is 1.66 bits per heavy atom. The van der Waals surface area contributed by atoms with Gasteiger partial charge >= 0.3 is 0 Å². The van der Waals surface area contributed by atoms with E-state index in [4.69, 9.17) is 14.7 Å². The largest absolute Gasteiger partial charge is 0.369 e. The fourth-order valence-corrected chi connectivity index (χ4v) is 3.90. The lowest BCUT2D eigenvalue weighted by molar-refractivity contribution is 0.00463. The molecule has 0 aliphatic heterocycles. The van der Waals surface area contributed by atoms with Crippen molar-refractivity contribution in [1.29, 1.82) is 0 Å². The molecule has 0 radical (unpaired) electrons. The maximum atomic E-state index is 6.28. The molecule has 0 amide bonds. The van der Waals surface area contributed by atoms with Gasteiger partial charge in [-0.25, -0.2) is 4.98 Å². The first-order chi connectivity index (χ1) is 14.0. The van der Waals surface area contributed by atoms with Crippen molar-refractivity contribution in [2.75, 3.05) is 0 Å². The van der Waals surface area contributed by atoms with Gasteiger partial charge in [0.05, 0.1) is 22.8 Å². The van der Waals surface area contributed by atoms with Crippen molar-refractivity contribution in [2.45, 2.75) is 52.2 Å². The summed E-state index contributed by atoms with van der Waals surface area (Å²) < 4.78 is 6.28. The number of aromatic nitrogens is 2. The summed E-state index contributed by atoms with van der Waals surface area (Å²) in [5.41, 5.74) is 5.44. The molecular weight excluding hydrogens is 356 g/mol. The Labute approximate surface area is 172 Å². The number of hydrogen-bond acceptors (Lipinski definition) is 3. The zero-order valence-corrected chi connectivity index (χ0v) is 17.6. The van der Waals surface area contributed by atoms with Gasteiger partial charge in [-0.15, -0.1) is 0 Å². The molecule has 0 saturated heterocycles. The highest BCUT2D eigenvalue weighted by Gasteiger charge is 2.18. The second-order valence-corrected chi connectivity index (χ2v) is 8.19. The highest BCUT2D eigenvalue weighted by Crippen LogP contribution is 2.32. The van der Waals surface area contributed by atoms with Gasteiger partial charge in [0.15, 0.2) is 0 Å². The normalized spacial score (nSPS) is 12.9. The third kappa shape index (κ3) is 4.15. The van der Waals surface area contributed by atoms with E-state index in [2.05, 4.69) is 76.2 Å². The van der Waals surface area contributed by atoms with Gasteiger partial charge in [-0.2, -0.15) is 0 Å². The van der Waals surface area contributed by atoms with Crippen LogP contribution in [0.4, 0.5) is 0 Å². The first-order valence-corrected chi connectivity index (χ1v) is 10.4. The Kier molecular flexibility index (Phi) is 5.59. The summed E-state index contributed by atoms with van der Waals surface area (Å²) >= 11 is 0. The van der Waals surface area contributed by atoms with E-state index >= 15 is 0 Å². The molecule has 1 atom stereocenters. The van der Waals surface area contributed by atoms with E-state index in [9.17, 15) is 0 Å². The number of pyridine rings is 2. The number of ether oxygens (including phenoxy) is 1. The van der Waals surface area contributed by atoms with Crippen LogP contribution in [0.25, 0.3) is 21.8 Å². The van der Waals surface area contributed by atoms with Crippen molar-refractivity contribution in [2.24, 2.45) is 0 Å². The van der Waals surface area contributed by atoms with E-state index in [1.165, 1.54) is 16.5 Å². The van der Waals surface area contributed by atoms with Gasteiger partial charge in [-0.05, 0) is 49.1 Å². The van der Waals surface area contributed by atoms with Gasteiger partial charge in [0.1, 0.15) is 6.10 Å². The minimum Gasteiger partial charge on any atom is -0.369 e. The highest BCUT2D eigenvalue weighted by atomic mass is 16.5. The van der Waals surface area contributed by atoms with E-state index in [0.717, 1.165) is 28.5 Å². The van der Waals surface area contributed by atoms with E-state index in [0.29, 0.717) is 5.92 Å². The summed E-state index contributed by atoms with van der Waals surface area (Å²) in [4.78, 5) is 9.76. The predicted molar refractivity (Wildman–Crippen MR) is 120 cm³/mol. The Morgan fingerprint density at radius 1 is 0.862 bits per heavy atom. The van der Waals surface area contributed by atoms with Crippen LogP contribution in [0, 0.1) is 0 Å². The molecule has 1 unspecified atom stereocenters. The van der Waals surface area contributed by atoms with E-state index in [1.807, 2.05) is 18.3 Å². The first kappa shape index (κ1) is 19.5. The zero-order chi connectivity index (χ0) is 20.4. The molecule has 0 saturated carbocycles. The number of hydrogen-bond donors (Lipinski definition) is 0. The second kappa shape index (κ2) is 8.30. The van der Waals surface area contributed by atoms with Crippen molar-refractivity contribution in [1.82, 2.24) is 9.97 Å². The summed E-state index contributed by atoms with van der Waals surface area (Å²) in [6.07, 6.45) is 2.68. The maximum Gasteiger partial charge on any atom is 0.104 e. The standard InChI is InChI=1S/C26H28N2O/c1-17(2)22-16-20-12-13-23(28-25(20)26-21(22)11-8-14-27-26)24(29-18(3)4)15-19-9-6-5-7-10-19/h5-14,16-18,24H,15H2,1-4H3. The van der Waals surface area contributed by atoms with Crippen LogP contribution < -0.4 is 0 Å². The monoisotopic (exact) mass is 384 g/mol. The Morgan fingerprint density at radius 3 is 2.38 bits per heavy atom. The molecule has 2 heterocycles. The van der Waals surface area contributed by atoms with E-state index < -0.39 is 0 Å². The molecule has 2 aromatic heterocycles. The molecule has 3 heteroatoms. The summed E-state index contributed by atoms with van der Waals surface area (Å²) in [5.74, 6) is 0.431. The van der Waals surface area contributed by atoms with Crippen LogP contribution in [-0.4, -0.2) is 16.1 Å². The summed E-state index contributed by atoms with van der Waals surface area (Å²) in [6, 6.07) is 21.2. The average molecular weight is 385 g/mol. The molecule has 0 aliphatic carbocycles. The molecule has 29 heavy (non-hydrogen) atoms. The fraction of sp³-hybridized carbons (Fsp3) is 0.308. The molecule has 0 bridgehead atoms. The van der Waals surface area contributed by atoms with Crippen LogP contribution in [0.5, 0.6) is 0 Å². The van der Waals surface area contributed by atoms with Crippen LogP contribution in [-0.2, 0) is 11.2 Å². The topological polar surface area (TPSA) is 35.0 Å². The van der Waals surface area contributed by atoms with Gasteiger partial charge in [-0.1, -0.05) is 56.3 Å². The van der Waals surface area contributed by atoms with Gasteiger partial charge in [-0.3, -0.25) is 4.98 Å². The van der Waals surface area contributed by atoms with Gasteiger partial charge in [0.25, 0.3) is 0 Å². The minimum atomic E-state index is -0.0923. The molecule has 0 N–H and O–H groups in total. The molecule has 4 aromatic rings. The predicted octanol–water partition coefficient (Wildman–Crippen LogP) is 6.62. The van der Waals surface area contributed by atoms with Gasteiger partial charge < -0.3 is 4.74 Å². The fourth-order valence-electron chi connectivity index (χ4n) is 3.90. The van der Waals surface area contributed by atoms with E-state index in [-0.39, 0.29) is 12.2 Å². The number of fused-ring (bicyclic) bond motifs is 3. The molecule has 4 rings (SSSR count). The van der Waals surface area contributed by atoms with Gasteiger partial charge in [0.2, 0.25) is 0 Å². The van der Waals surface area contributed by atoms with Crippen LogP contribution in [0.1, 0.15) is 56.5 Å². The lowest BCUT2D eigenvalue weighted by atomic mass is 9.95. The van der Waals surface area contributed by atoms with Gasteiger partial charge in [0, 0.05) is 23.4 Å². The quantitative estimate of drug-likeness (QED) is 0.351. The third-order valence-electron chi connectivity index (χ3n) is 5.25. The maximum absolute atomic E-state index is 6.28. The number of benzene rings is 2. The number of rotatable bonds is 6. The van der Waals surface area contributed by atoms with Crippen LogP contribution in [0.3, 0.4) is 0 Å². The minimum absolute atomic E-state index is 0.0923. The lowest BCUT2D eigenvalue weighted by Crippen LogP contribution is -2.14. The zero-order valence-electron chi connectivity index (χ0n) is 17.6. The average Bonchev–Trinajstić information content (AvgIpc) is 2.72. The van der Waals surface area contributed by atoms with Crippen molar-refractivity contribution in [3.63, 3.8) is 0 Å². The second-order valence-electron chi connectivity index (χ2n) is 8.19. The molecule has 0 aliphatic rings. The van der Waals surface area contributed by atoms with Crippen molar-refractivity contribution in [3.05, 3.63) is 83.7 Å². The molecule has 2 aromatic carbocycles. The Bertz CT molecular complexity index is 1120. The van der Waals surface area contributed by atoms with Crippen LogP contribution >= 0.6 is 0 Å². The molecule has 3 nitrogen and oxygen atoms in total. The Balaban J connectivity index is 1.84. The van der Waals surface area contributed by atoms with Crippen molar-refractivity contribution < 1.29 is 4.74 Å². The first-order valence-electron chi connectivity index (χ1n) is 10.4. The Hall–Kier alpha value is -2.78. The lowest BCUT2D eigenvalue weighted by Gasteiger charge is -2.21. The summed E-state index contributed by atoms with van der Waals surface area (Å²) in [6.45, 7) is 8.60. The highest BCUT2D eigenvalue weighted by molar-refractivity contribution is 6.04. The summed E-state index contributed by atoms with van der Waals surface area (Å²) in [7, 11) is 0. The number of nitrogens with zero attached hydrogens (tertiary/aromatic N) is 2. The van der Waals surface area contributed by atoms with Crippen LogP contribution in [0.15, 0.2) is 66.9 Å². The molecule has 0 fully saturated rings. The SMILES string of the molecule is CC(C)OC(Cc1ccccc1)c1ccc2cc(C(C)C)c3cccnc3c2n1. The third-order valence-corrected chi connectivity index (χ3v) is 5.25. The van der Waals surface area contributed by atoms with Crippen molar-refractivity contribution in [3.8, 4) is 0 Å². The molecule has 148 valence electrons. The molecular formula is C26H28N2O. The summed E-state index contributed by atoms with van der Waals surface area (Å²) in [5, 5.41) is 2.32. The van der Waals surface area contributed by atoms with E-state index in [1.54, 1.807) is 0 Å².